The summed E-state index contributed by atoms with van der Waals surface area (Å²) in [5.41, 5.74) is 2.70. The fraction of sp³-hybridized carbons (Fsp3) is 0.646. The van der Waals surface area contributed by atoms with Crippen molar-refractivity contribution in [3.05, 3.63) is 83.4 Å². The Labute approximate surface area is 662 Å². The third kappa shape index (κ3) is 69.1. The van der Waals surface area contributed by atoms with E-state index in [1.807, 2.05) is 54.7 Å². The highest BCUT2D eigenvalue weighted by Gasteiger charge is 2.09. The topological polar surface area (TPSA) is 119 Å². The zero-order chi connectivity index (χ0) is 77.8. The first-order valence-electron chi connectivity index (χ1n) is 43.5. The van der Waals surface area contributed by atoms with Crippen molar-refractivity contribution in [2.45, 2.75) is 387 Å². The van der Waals surface area contributed by atoms with Gasteiger partial charge in [-0.1, -0.05) is 313 Å². The van der Waals surface area contributed by atoms with Crippen molar-refractivity contribution in [2.24, 2.45) is 15.0 Å². The maximum Gasteiger partial charge on any atom is 0.311 e. The number of hydrogen-bond acceptors (Lipinski definition) is 9. The van der Waals surface area contributed by atoms with Crippen molar-refractivity contribution in [1.82, 2.24) is 0 Å². The molecule has 0 amide bonds. The predicted molar refractivity (Wildman–Crippen MR) is 465 cm³/mol. The second kappa shape index (κ2) is 80.6. The Morgan fingerprint density at radius 2 is 0.556 bits per heavy atom. The van der Waals surface area contributed by atoms with E-state index in [1.54, 1.807) is 45.7 Å². The Morgan fingerprint density at radius 3 is 0.843 bits per heavy atom. The number of esters is 2. The molecule has 0 spiro atoms. The molecular weight excluding hydrogens is 1330 g/mol. The molecule has 0 fully saturated rings. The quantitative estimate of drug-likeness (QED) is 0.0198. The summed E-state index contributed by atoms with van der Waals surface area (Å²) >= 11 is 0. The van der Waals surface area contributed by atoms with Crippen molar-refractivity contribution < 1.29 is 28.9 Å². The molecule has 3 aromatic carbocycles. The van der Waals surface area contributed by atoms with Gasteiger partial charge in [-0.05, 0) is 165 Å². The molecule has 0 aliphatic heterocycles. The summed E-state index contributed by atoms with van der Waals surface area (Å²) in [6.07, 6.45) is 74.7. The number of hydrogen-bond donors (Lipinski definition) is 1. The molecule has 0 aliphatic carbocycles. The van der Waals surface area contributed by atoms with Gasteiger partial charge in [0, 0.05) is 103 Å². The smallest absolute Gasteiger partial charge is 0.311 e. The lowest BCUT2D eigenvalue weighted by Crippen LogP contribution is -2.07. The van der Waals surface area contributed by atoms with Crippen LogP contribution in [0.1, 0.15) is 403 Å². The average molecular weight is 1480 g/mol. The number of carbonyl (C=O) groups is 2. The summed E-state index contributed by atoms with van der Waals surface area (Å²) in [7, 11) is 5.16. The van der Waals surface area contributed by atoms with Gasteiger partial charge in [0.15, 0.2) is 0 Å². The normalized spacial score (nSPS) is 10.5. The predicted octanol–water partition coefficient (Wildman–Crippen LogP) is 27.4. The maximum atomic E-state index is 12.0. The van der Waals surface area contributed by atoms with Crippen molar-refractivity contribution >= 4 is 30.6 Å². The van der Waals surface area contributed by atoms with Gasteiger partial charge in [0.1, 0.15) is 23.0 Å². The number of phenols is 1. The molecule has 0 saturated heterocycles. The van der Waals surface area contributed by atoms with Gasteiger partial charge in [-0.3, -0.25) is 24.6 Å². The Bertz CT molecular complexity index is 3110. The van der Waals surface area contributed by atoms with Crippen LogP contribution in [-0.2, 0) is 9.59 Å². The number of carbonyl (C=O) groups excluding carboxylic acids is 2. The molecule has 3 aromatic rings. The first-order chi connectivity index (χ1) is 53.3. The van der Waals surface area contributed by atoms with Crippen LogP contribution in [-0.4, -0.2) is 63.4 Å². The zero-order valence-corrected chi connectivity index (χ0v) is 69.4. The number of nitrogens with zero attached hydrogens (tertiary/aromatic N) is 3. The van der Waals surface area contributed by atoms with Crippen LogP contribution in [0.5, 0.6) is 23.0 Å². The highest BCUT2D eigenvalue weighted by Crippen LogP contribution is 2.24. The monoisotopic (exact) mass is 1480 g/mol. The van der Waals surface area contributed by atoms with Crippen LogP contribution in [0.3, 0.4) is 0 Å². The molecule has 0 radical (unpaired) electrons. The van der Waals surface area contributed by atoms with Crippen molar-refractivity contribution in [2.75, 3.05) is 27.7 Å². The van der Waals surface area contributed by atoms with E-state index in [9.17, 15) is 14.7 Å². The number of phenolic OH excluding ortho intramolecular Hbond substituents is 1. The van der Waals surface area contributed by atoms with Crippen LogP contribution < -0.4 is 14.2 Å². The van der Waals surface area contributed by atoms with Gasteiger partial charge in [0.2, 0.25) is 0 Å². The first-order valence-corrected chi connectivity index (χ1v) is 43.5. The van der Waals surface area contributed by atoms with Crippen LogP contribution in [0.15, 0.2) is 81.7 Å². The van der Waals surface area contributed by atoms with Gasteiger partial charge in [-0.15, -0.1) is 0 Å². The second-order valence-electron chi connectivity index (χ2n) is 28.9. The fourth-order valence-corrected chi connectivity index (χ4v) is 12.3. The van der Waals surface area contributed by atoms with Gasteiger partial charge < -0.3 is 19.3 Å². The standard InChI is InChI=1S/C33H49NO3.C33H49NO2.C33H51NO/c1-3-4-5-6-7-8-9-10-11-12-13-14-15-16-17-18-19-20-21-22-23-24-25-33(36)37-31-27-26-30(29-34-2)32(35)28-31;1-3-4-5-6-7-8-9-10-11-12-13-14-15-16-17-18-19-20-21-22-23-24-25-33(35)36-32-28-26-31(27-29-32)30-34-2;1-3-4-5-6-7-8-9-10-11-12-13-14-15-16-17-18-19-20-21-22-23-24-25-30-35-33-28-26-32(27-29-33)31-34-2/h26-29,35H,3-13,18-25H2,1-2H3;26-30H,3-13,18-25H2,1-2H3;26-29,31H,3-13,18-25,30H2,1-2H3. The van der Waals surface area contributed by atoms with E-state index < -0.39 is 0 Å². The maximum absolute atomic E-state index is 12.0. The van der Waals surface area contributed by atoms with Crippen LogP contribution in [0, 0.1) is 71.0 Å². The van der Waals surface area contributed by atoms with E-state index in [2.05, 4.69) is 107 Å². The zero-order valence-electron chi connectivity index (χ0n) is 69.4. The summed E-state index contributed by atoms with van der Waals surface area (Å²) in [5, 5.41) is 9.90. The minimum atomic E-state index is -0.263. The first kappa shape index (κ1) is 98.6. The third-order valence-electron chi connectivity index (χ3n) is 18.8. The Kier molecular flexibility index (Phi) is 73.6. The molecule has 596 valence electrons. The lowest BCUT2D eigenvalue weighted by molar-refractivity contribution is -0.135. The summed E-state index contributed by atoms with van der Waals surface area (Å²) in [4.78, 5) is 35.8. The van der Waals surface area contributed by atoms with Crippen molar-refractivity contribution in [1.29, 1.82) is 0 Å². The van der Waals surface area contributed by atoms with Crippen LogP contribution in [0.2, 0.25) is 0 Å². The molecule has 0 unspecified atom stereocenters. The summed E-state index contributed by atoms with van der Waals surface area (Å²) < 4.78 is 16.5. The van der Waals surface area contributed by atoms with Gasteiger partial charge >= 0.3 is 11.9 Å². The van der Waals surface area contributed by atoms with E-state index >= 15 is 0 Å². The number of aromatic hydroxyl groups is 1. The van der Waals surface area contributed by atoms with Gasteiger partial charge in [0.25, 0.3) is 0 Å². The Hall–Kier alpha value is -7.43. The van der Waals surface area contributed by atoms with Crippen molar-refractivity contribution in [3.63, 3.8) is 0 Å². The molecule has 108 heavy (non-hydrogen) atoms. The lowest BCUT2D eigenvalue weighted by Gasteiger charge is -2.06. The highest BCUT2D eigenvalue weighted by atomic mass is 16.5. The number of aliphatic imine (C=N–C) groups is 3. The summed E-state index contributed by atoms with van der Waals surface area (Å²) in [6.45, 7) is 7.63. The molecule has 1 N–H and O–H groups in total. The van der Waals surface area contributed by atoms with E-state index in [-0.39, 0.29) is 17.7 Å². The minimum absolute atomic E-state index is 0.0528. The van der Waals surface area contributed by atoms with E-state index in [1.165, 1.54) is 250 Å². The van der Waals surface area contributed by atoms with Crippen LogP contribution in [0.25, 0.3) is 0 Å². The molecule has 0 aromatic heterocycles. The number of benzene rings is 3. The largest absolute Gasteiger partial charge is 0.507 e. The molecule has 9 nitrogen and oxygen atoms in total. The average Bonchev–Trinajstić information content (AvgIpc) is 0.821. The molecule has 0 bridgehead atoms. The number of unbranched alkanes of at least 4 members (excludes halogenated alkanes) is 49. The molecule has 0 heterocycles. The third-order valence-corrected chi connectivity index (χ3v) is 18.8. The highest BCUT2D eigenvalue weighted by molar-refractivity contribution is 5.84. The number of rotatable bonds is 61. The molecular formula is C99H149N3O6. The van der Waals surface area contributed by atoms with Crippen LogP contribution >= 0.6 is 0 Å². The van der Waals surface area contributed by atoms with E-state index in [0.717, 1.165) is 133 Å². The lowest BCUT2D eigenvalue weighted by atomic mass is 10.1. The second-order valence-corrected chi connectivity index (χ2v) is 28.9. The Morgan fingerprint density at radius 1 is 0.306 bits per heavy atom. The van der Waals surface area contributed by atoms with Gasteiger partial charge in [-0.25, -0.2) is 0 Å². The summed E-state index contributed by atoms with van der Waals surface area (Å²) in [6, 6.07) is 20.3. The minimum Gasteiger partial charge on any atom is -0.507 e. The fourth-order valence-electron chi connectivity index (χ4n) is 12.3. The number of ether oxygens (including phenoxy) is 3. The van der Waals surface area contributed by atoms with E-state index in [4.69, 9.17) is 14.2 Å². The molecule has 0 aliphatic rings. The van der Waals surface area contributed by atoms with Crippen molar-refractivity contribution in [3.8, 4) is 94.0 Å². The molecule has 0 atom stereocenters. The molecule has 0 saturated carbocycles. The molecule has 9 heteroatoms. The SMILES string of the molecule is CCCCCCCCCCCCC#CC#CCCCCCCCCC(=O)Oc1ccc(C=NC)c(O)c1.CCCCCCCCCCCCC#CC#CCCCCCCCCC(=O)Oc1ccc(C=NC)cc1.CCCCCCCCCCCCC#CC#CCCCCCCCCCOc1ccc(C=NC)cc1. The summed E-state index contributed by atoms with van der Waals surface area (Å²) in [5.74, 6) is 38.8. The van der Waals surface area contributed by atoms with Gasteiger partial charge in [-0.2, -0.15) is 0 Å². The van der Waals surface area contributed by atoms with Crippen LogP contribution in [0.4, 0.5) is 0 Å². The van der Waals surface area contributed by atoms with E-state index in [0.29, 0.717) is 29.9 Å². The Balaban J connectivity index is 0.000000810. The molecule has 3 rings (SSSR count). The van der Waals surface area contributed by atoms with Gasteiger partial charge in [0.05, 0.1) is 6.61 Å².